The number of rotatable bonds is 2. The van der Waals surface area contributed by atoms with Crippen molar-refractivity contribution in [3.8, 4) is 0 Å². The molecule has 0 amide bonds. The van der Waals surface area contributed by atoms with Crippen LogP contribution in [-0.2, 0) is 5.54 Å². The zero-order valence-electron chi connectivity index (χ0n) is 9.77. The topological polar surface area (TPSA) is 26.0 Å². The molecule has 1 aromatic carbocycles. The quantitative estimate of drug-likeness (QED) is 0.791. The molecular weight excluding hydrogens is 227 g/mol. The Morgan fingerprint density at radius 1 is 1.29 bits per heavy atom. The van der Waals surface area contributed by atoms with Gasteiger partial charge in [0.15, 0.2) is 17.5 Å². The molecule has 2 atom stereocenters. The van der Waals surface area contributed by atoms with Crippen LogP contribution in [0.1, 0.15) is 38.2 Å². The van der Waals surface area contributed by atoms with Crippen LogP contribution in [0, 0.1) is 23.4 Å². The number of nitrogens with two attached hydrogens (primary N) is 1. The lowest BCUT2D eigenvalue weighted by Crippen LogP contribution is -2.35. The van der Waals surface area contributed by atoms with Crippen molar-refractivity contribution in [1.29, 1.82) is 0 Å². The van der Waals surface area contributed by atoms with Crippen LogP contribution >= 0.6 is 0 Å². The number of hydrogen-bond donors (Lipinski definition) is 1. The first-order valence-electron chi connectivity index (χ1n) is 5.91. The summed E-state index contributed by atoms with van der Waals surface area (Å²) in [6.45, 7) is 2.05. The van der Waals surface area contributed by atoms with Crippen molar-refractivity contribution in [2.24, 2.45) is 11.7 Å². The van der Waals surface area contributed by atoms with Gasteiger partial charge in [-0.2, -0.15) is 0 Å². The van der Waals surface area contributed by atoms with Gasteiger partial charge in [0.25, 0.3) is 0 Å². The van der Waals surface area contributed by atoms with Crippen molar-refractivity contribution < 1.29 is 13.2 Å². The fourth-order valence-corrected chi connectivity index (χ4v) is 2.68. The van der Waals surface area contributed by atoms with Crippen LogP contribution in [0.15, 0.2) is 12.1 Å². The fraction of sp³-hybridized carbons (Fsp3) is 0.538. The van der Waals surface area contributed by atoms with Gasteiger partial charge in [0.05, 0.1) is 0 Å². The minimum absolute atomic E-state index is 0.104. The zero-order chi connectivity index (χ0) is 12.6. The second-order valence-corrected chi connectivity index (χ2v) is 4.90. The molecule has 1 aliphatic carbocycles. The lowest BCUT2D eigenvalue weighted by Gasteiger charge is -2.25. The molecule has 17 heavy (non-hydrogen) atoms. The maximum absolute atomic E-state index is 13.7. The standard InChI is InChI=1S/C13H16F3N/c1-2-8-5-6-13(17,7-8)9-3-4-10(14)12(16)11(9)15/h3-4,8H,2,5-7,17H2,1H3. The third-order valence-electron chi connectivity index (χ3n) is 3.80. The molecule has 0 bridgehead atoms. The Morgan fingerprint density at radius 3 is 2.59 bits per heavy atom. The van der Waals surface area contributed by atoms with Gasteiger partial charge in [0.2, 0.25) is 0 Å². The summed E-state index contributed by atoms with van der Waals surface area (Å²) in [6.07, 6.45) is 3.13. The first-order valence-corrected chi connectivity index (χ1v) is 5.91. The van der Waals surface area contributed by atoms with Crippen LogP contribution in [0.5, 0.6) is 0 Å². The highest BCUT2D eigenvalue weighted by molar-refractivity contribution is 5.29. The minimum Gasteiger partial charge on any atom is -0.321 e. The first-order chi connectivity index (χ1) is 7.98. The van der Waals surface area contributed by atoms with Gasteiger partial charge in [-0.3, -0.25) is 0 Å². The van der Waals surface area contributed by atoms with Gasteiger partial charge in [-0.05, 0) is 31.2 Å². The van der Waals surface area contributed by atoms with E-state index < -0.39 is 23.0 Å². The lowest BCUT2D eigenvalue weighted by atomic mass is 9.87. The summed E-state index contributed by atoms with van der Waals surface area (Å²) in [5.41, 5.74) is 5.39. The van der Waals surface area contributed by atoms with Gasteiger partial charge in [0, 0.05) is 11.1 Å². The van der Waals surface area contributed by atoms with Crippen LogP contribution in [-0.4, -0.2) is 0 Å². The van der Waals surface area contributed by atoms with Crippen LogP contribution in [0.3, 0.4) is 0 Å². The van der Waals surface area contributed by atoms with Crippen molar-refractivity contribution in [1.82, 2.24) is 0 Å². The summed E-state index contributed by atoms with van der Waals surface area (Å²) < 4.78 is 39.7. The molecule has 1 aromatic rings. The molecule has 1 saturated carbocycles. The number of benzene rings is 1. The van der Waals surface area contributed by atoms with Gasteiger partial charge in [0.1, 0.15) is 0 Å². The predicted molar refractivity (Wildman–Crippen MR) is 59.8 cm³/mol. The summed E-state index contributed by atoms with van der Waals surface area (Å²) in [5, 5.41) is 0. The number of halogens is 3. The molecule has 1 aliphatic rings. The normalized spacial score (nSPS) is 28.6. The highest BCUT2D eigenvalue weighted by Crippen LogP contribution is 2.42. The Balaban J connectivity index is 2.38. The van der Waals surface area contributed by atoms with E-state index in [1.807, 2.05) is 0 Å². The van der Waals surface area contributed by atoms with E-state index in [1.165, 1.54) is 6.07 Å². The molecule has 1 fully saturated rings. The Labute approximate surface area is 98.8 Å². The monoisotopic (exact) mass is 243 g/mol. The van der Waals surface area contributed by atoms with Crippen molar-refractivity contribution in [2.45, 2.75) is 38.1 Å². The van der Waals surface area contributed by atoms with E-state index in [4.69, 9.17) is 5.73 Å². The molecule has 4 heteroatoms. The van der Waals surface area contributed by atoms with E-state index >= 15 is 0 Å². The van der Waals surface area contributed by atoms with E-state index in [-0.39, 0.29) is 5.56 Å². The van der Waals surface area contributed by atoms with Crippen molar-refractivity contribution in [2.75, 3.05) is 0 Å². The van der Waals surface area contributed by atoms with E-state index in [2.05, 4.69) is 6.92 Å². The molecule has 0 aromatic heterocycles. The molecule has 1 nitrogen and oxygen atoms in total. The summed E-state index contributed by atoms with van der Waals surface area (Å²) in [5.74, 6) is -3.29. The Hall–Kier alpha value is -1.03. The van der Waals surface area contributed by atoms with Gasteiger partial charge in [-0.15, -0.1) is 0 Å². The largest absolute Gasteiger partial charge is 0.321 e. The van der Waals surface area contributed by atoms with Gasteiger partial charge >= 0.3 is 0 Å². The average molecular weight is 243 g/mol. The molecule has 2 N–H and O–H groups in total. The smallest absolute Gasteiger partial charge is 0.194 e. The van der Waals surface area contributed by atoms with Gasteiger partial charge < -0.3 is 5.73 Å². The maximum atomic E-state index is 13.7. The van der Waals surface area contributed by atoms with E-state index in [0.717, 1.165) is 18.9 Å². The molecule has 0 heterocycles. The molecule has 2 unspecified atom stereocenters. The van der Waals surface area contributed by atoms with E-state index in [0.29, 0.717) is 18.8 Å². The Kier molecular flexibility index (Phi) is 3.17. The molecule has 0 spiro atoms. The first kappa shape index (κ1) is 12.4. The van der Waals surface area contributed by atoms with Crippen LogP contribution in [0.2, 0.25) is 0 Å². The second-order valence-electron chi connectivity index (χ2n) is 4.90. The van der Waals surface area contributed by atoms with Crippen molar-refractivity contribution in [3.63, 3.8) is 0 Å². The van der Waals surface area contributed by atoms with Crippen LogP contribution in [0.25, 0.3) is 0 Å². The zero-order valence-corrected chi connectivity index (χ0v) is 9.77. The SMILES string of the molecule is CCC1CCC(N)(c2ccc(F)c(F)c2F)C1. The third kappa shape index (κ3) is 2.06. The number of hydrogen-bond acceptors (Lipinski definition) is 1. The highest BCUT2D eigenvalue weighted by Gasteiger charge is 2.39. The maximum Gasteiger partial charge on any atom is 0.194 e. The van der Waals surface area contributed by atoms with Gasteiger partial charge in [-0.1, -0.05) is 19.4 Å². The molecular formula is C13H16F3N. The van der Waals surface area contributed by atoms with Crippen LogP contribution < -0.4 is 5.73 Å². The van der Waals surface area contributed by atoms with Gasteiger partial charge in [-0.25, -0.2) is 13.2 Å². The third-order valence-corrected chi connectivity index (χ3v) is 3.80. The molecule has 0 saturated heterocycles. The average Bonchev–Trinajstić information content (AvgIpc) is 2.69. The lowest BCUT2D eigenvalue weighted by molar-refractivity contribution is 0.380. The van der Waals surface area contributed by atoms with E-state index in [1.54, 1.807) is 0 Å². The van der Waals surface area contributed by atoms with Crippen molar-refractivity contribution in [3.05, 3.63) is 35.1 Å². The molecule has 2 rings (SSSR count). The summed E-state index contributed by atoms with van der Waals surface area (Å²) in [7, 11) is 0. The van der Waals surface area contributed by atoms with Crippen molar-refractivity contribution >= 4 is 0 Å². The van der Waals surface area contributed by atoms with Crippen LogP contribution in [0.4, 0.5) is 13.2 Å². The highest BCUT2D eigenvalue weighted by atomic mass is 19.2. The predicted octanol–water partition coefficient (Wildman–Crippen LogP) is 3.47. The molecule has 0 aliphatic heterocycles. The second kappa shape index (κ2) is 4.33. The fourth-order valence-electron chi connectivity index (χ4n) is 2.68. The molecule has 0 radical (unpaired) electrons. The molecule has 94 valence electrons. The summed E-state index contributed by atoms with van der Waals surface area (Å²) in [6, 6.07) is 2.22. The summed E-state index contributed by atoms with van der Waals surface area (Å²) in [4.78, 5) is 0. The summed E-state index contributed by atoms with van der Waals surface area (Å²) >= 11 is 0. The van der Waals surface area contributed by atoms with E-state index in [9.17, 15) is 13.2 Å². The Bertz CT molecular complexity index is 433. The Morgan fingerprint density at radius 2 is 2.00 bits per heavy atom. The minimum atomic E-state index is -1.42.